The molecule has 2 aromatic carbocycles. The molecule has 0 aliphatic heterocycles. The van der Waals surface area contributed by atoms with Crippen LogP contribution in [0.3, 0.4) is 0 Å². The predicted octanol–water partition coefficient (Wildman–Crippen LogP) is 3.77. The van der Waals surface area contributed by atoms with Gasteiger partial charge in [0, 0.05) is 6.20 Å². The molecule has 3 rings (SSSR count). The van der Waals surface area contributed by atoms with Crippen LogP contribution in [0.2, 0.25) is 5.15 Å². The summed E-state index contributed by atoms with van der Waals surface area (Å²) in [4.78, 5) is 6.44. The maximum absolute atomic E-state index is 12.7. The molecule has 0 aliphatic rings. The molecule has 1 heterocycles. The number of rotatable bonds is 5. The summed E-state index contributed by atoms with van der Waals surface area (Å²) in [5.74, 6) is 0. The number of hydrazine groups is 1. The van der Waals surface area contributed by atoms with Crippen molar-refractivity contribution >= 4 is 33.0 Å². The van der Waals surface area contributed by atoms with Gasteiger partial charge in [-0.15, -0.1) is 4.83 Å². The summed E-state index contributed by atoms with van der Waals surface area (Å²) in [7, 11) is -3.82. The molecule has 0 saturated carbocycles. The van der Waals surface area contributed by atoms with E-state index in [0.717, 1.165) is 0 Å². The van der Waals surface area contributed by atoms with Gasteiger partial charge in [-0.1, -0.05) is 48.0 Å². The van der Waals surface area contributed by atoms with Crippen LogP contribution in [0.4, 0.5) is 11.4 Å². The minimum atomic E-state index is -3.82. The molecule has 24 heavy (non-hydrogen) atoms. The number of hydrogen-bond acceptors (Lipinski definition) is 4. The molecule has 0 amide bonds. The molecule has 0 aliphatic carbocycles. The standard InChI is InChI=1S/C17H14ClN3O2S/c18-17-12-11-16(13-19-17)24(22,23)20-21(14-7-3-1-4-8-14)15-9-5-2-6-10-15/h1-13,20H. The summed E-state index contributed by atoms with van der Waals surface area (Å²) in [5.41, 5.74) is 1.38. The lowest BCUT2D eigenvalue weighted by Crippen LogP contribution is -2.38. The van der Waals surface area contributed by atoms with Gasteiger partial charge in [-0.2, -0.15) is 0 Å². The number of sulfonamides is 1. The van der Waals surface area contributed by atoms with E-state index in [1.807, 2.05) is 60.7 Å². The van der Waals surface area contributed by atoms with Gasteiger partial charge in [-0.25, -0.2) is 13.4 Å². The molecule has 1 N–H and O–H groups in total. The lowest BCUT2D eigenvalue weighted by molar-refractivity contribution is 0.582. The lowest BCUT2D eigenvalue weighted by atomic mass is 10.2. The Morgan fingerprint density at radius 2 is 1.38 bits per heavy atom. The van der Waals surface area contributed by atoms with E-state index in [2.05, 4.69) is 9.82 Å². The summed E-state index contributed by atoms with van der Waals surface area (Å²) < 4.78 is 25.3. The first-order valence-electron chi connectivity index (χ1n) is 7.10. The van der Waals surface area contributed by atoms with Crippen LogP contribution in [0.15, 0.2) is 83.9 Å². The molecule has 0 saturated heterocycles. The monoisotopic (exact) mass is 359 g/mol. The molecule has 1 aromatic heterocycles. The number of benzene rings is 2. The quantitative estimate of drug-likeness (QED) is 0.556. The lowest BCUT2D eigenvalue weighted by Gasteiger charge is -2.25. The zero-order valence-electron chi connectivity index (χ0n) is 12.5. The van der Waals surface area contributed by atoms with Crippen molar-refractivity contribution in [1.82, 2.24) is 9.82 Å². The smallest absolute Gasteiger partial charge is 0.259 e. The molecule has 0 spiro atoms. The average molecular weight is 360 g/mol. The maximum Gasteiger partial charge on any atom is 0.259 e. The highest BCUT2D eigenvalue weighted by molar-refractivity contribution is 7.89. The van der Waals surface area contributed by atoms with Crippen molar-refractivity contribution in [2.75, 3.05) is 5.01 Å². The average Bonchev–Trinajstić information content (AvgIpc) is 2.62. The van der Waals surface area contributed by atoms with Crippen LogP contribution in [-0.2, 0) is 10.0 Å². The van der Waals surface area contributed by atoms with Gasteiger partial charge in [-0.05, 0) is 36.4 Å². The Kier molecular flexibility index (Phi) is 4.80. The fraction of sp³-hybridized carbons (Fsp3) is 0. The van der Waals surface area contributed by atoms with Crippen LogP contribution in [0, 0.1) is 0 Å². The molecule has 3 aromatic rings. The molecular weight excluding hydrogens is 346 g/mol. The van der Waals surface area contributed by atoms with Crippen LogP contribution in [0.1, 0.15) is 0 Å². The van der Waals surface area contributed by atoms with E-state index in [1.54, 1.807) is 0 Å². The molecule has 0 fully saturated rings. The number of aromatic nitrogens is 1. The van der Waals surface area contributed by atoms with Crippen molar-refractivity contribution in [2.45, 2.75) is 4.90 Å². The Morgan fingerprint density at radius 3 is 1.83 bits per heavy atom. The van der Waals surface area contributed by atoms with Gasteiger partial charge in [0.15, 0.2) is 0 Å². The van der Waals surface area contributed by atoms with E-state index in [4.69, 9.17) is 11.6 Å². The number of nitrogens with one attached hydrogen (secondary N) is 1. The Hall–Kier alpha value is -2.41. The number of para-hydroxylation sites is 2. The number of halogens is 1. The Labute approximate surface area is 145 Å². The van der Waals surface area contributed by atoms with Crippen LogP contribution >= 0.6 is 11.6 Å². The van der Waals surface area contributed by atoms with Crippen molar-refractivity contribution in [2.24, 2.45) is 0 Å². The fourth-order valence-corrected chi connectivity index (χ4v) is 3.21. The maximum atomic E-state index is 12.7. The van der Waals surface area contributed by atoms with Gasteiger partial charge < -0.3 is 0 Å². The van der Waals surface area contributed by atoms with Crippen molar-refractivity contribution in [3.63, 3.8) is 0 Å². The first kappa shape index (κ1) is 16.4. The number of hydrogen-bond donors (Lipinski definition) is 1. The van der Waals surface area contributed by atoms with Gasteiger partial charge >= 0.3 is 0 Å². The van der Waals surface area contributed by atoms with Crippen LogP contribution in [0.5, 0.6) is 0 Å². The Bertz CT molecular complexity index is 862. The second-order valence-corrected chi connectivity index (χ2v) is 6.97. The van der Waals surface area contributed by atoms with Crippen LogP contribution < -0.4 is 9.84 Å². The van der Waals surface area contributed by atoms with E-state index in [-0.39, 0.29) is 10.0 Å². The number of pyridine rings is 1. The highest BCUT2D eigenvalue weighted by Gasteiger charge is 2.20. The van der Waals surface area contributed by atoms with E-state index in [1.165, 1.54) is 23.3 Å². The van der Waals surface area contributed by atoms with Gasteiger partial charge in [0.2, 0.25) is 0 Å². The van der Waals surface area contributed by atoms with E-state index in [0.29, 0.717) is 11.4 Å². The van der Waals surface area contributed by atoms with Crippen molar-refractivity contribution in [1.29, 1.82) is 0 Å². The highest BCUT2D eigenvalue weighted by Crippen LogP contribution is 2.24. The Morgan fingerprint density at radius 1 is 0.833 bits per heavy atom. The van der Waals surface area contributed by atoms with Gasteiger partial charge in [-0.3, -0.25) is 5.01 Å². The first-order valence-corrected chi connectivity index (χ1v) is 8.97. The molecular formula is C17H14ClN3O2S. The molecule has 0 unspecified atom stereocenters. The largest absolute Gasteiger partial charge is 0.263 e. The fourth-order valence-electron chi connectivity index (χ4n) is 2.10. The molecule has 122 valence electrons. The van der Waals surface area contributed by atoms with Gasteiger partial charge in [0.1, 0.15) is 10.0 Å². The second kappa shape index (κ2) is 7.00. The summed E-state index contributed by atoms with van der Waals surface area (Å²) >= 11 is 5.72. The highest BCUT2D eigenvalue weighted by atomic mass is 35.5. The summed E-state index contributed by atoms with van der Waals surface area (Å²) in [6.07, 6.45) is 1.22. The normalized spacial score (nSPS) is 11.2. The summed E-state index contributed by atoms with van der Waals surface area (Å²) in [5, 5.41) is 1.74. The molecule has 5 nitrogen and oxygen atoms in total. The van der Waals surface area contributed by atoms with Gasteiger partial charge in [0.25, 0.3) is 10.0 Å². The van der Waals surface area contributed by atoms with E-state index in [9.17, 15) is 8.42 Å². The van der Waals surface area contributed by atoms with Crippen LogP contribution in [-0.4, -0.2) is 13.4 Å². The molecule has 0 bridgehead atoms. The zero-order chi connectivity index (χ0) is 17.0. The molecule has 0 radical (unpaired) electrons. The predicted molar refractivity (Wildman–Crippen MR) is 94.6 cm³/mol. The SMILES string of the molecule is O=S(=O)(NN(c1ccccc1)c1ccccc1)c1ccc(Cl)nc1. The molecule has 0 atom stereocenters. The van der Waals surface area contributed by atoms with Crippen molar-refractivity contribution < 1.29 is 8.42 Å². The van der Waals surface area contributed by atoms with Crippen molar-refractivity contribution in [3.8, 4) is 0 Å². The summed E-state index contributed by atoms with van der Waals surface area (Å²) in [6, 6.07) is 21.2. The van der Waals surface area contributed by atoms with Gasteiger partial charge in [0.05, 0.1) is 11.4 Å². The number of anilines is 2. The van der Waals surface area contributed by atoms with E-state index < -0.39 is 10.0 Å². The summed E-state index contributed by atoms with van der Waals surface area (Å²) in [6.45, 7) is 0. The number of nitrogens with zero attached hydrogens (tertiary/aromatic N) is 2. The minimum absolute atomic E-state index is 0.0313. The van der Waals surface area contributed by atoms with Crippen molar-refractivity contribution in [3.05, 3.63) is 84.1 Å². The second-order valence-electron chi connectivity index (χ2n) is 4.92. The third-order valence-corrected chi connectivity index (χ3v) is 4.76. The third kappa shape index (κ3) is 3.73. The third-order valence-electron chi connectivity index (χ3n) is 3.25. The Balaban J connectivity index is 1.99. The van der Waals surface area contributed by atoms with Crippen LogP contribution in [0.25, 0.3) is 0 Å². The van der Waals surface area contributed by atoms with E-state index >= 15 is 0 Å². The molecule has 7 heteroatoms. The topological polar surface area (TPSA) is 62.3 Å². The minimum Gasteiger partial charge on any atom is -0.263 e. The first-order chi connectivity index (χ1) is 11.6. The zero-order valence-corrected chi connectivity index (χ0v) is 14.1.